The number of hydrogen-bond acceptors (Lipinski definition) is 5. The van der Waals surface area contributed by atoms with Crippen molar-refractivity contribution >= 4 is 13.7 Å². The fourth-order valence-electron chi connectivity index (χ4n) is 8.31. The fraction of sp³-hybridized carbons (Fsp3) is 0.814. The second-order valence-corrected chi connectivity index (χ2v) is 22.1. The second kappa shape index (κ2) is 50.2. The first-order valence-corrected chi connectivity index (χ1v) is 30.1. The van der Waals surface area contributed by atoms with Gasteiger partial charge in [-0.05, 0) is 57.8 Å². The Bertz CT molecular complexity index is 1290. The predicted molar refractivity (Wildman–Crippen MR) is 295 cm³/mol. The average Bonchev–Trinajstić information content (AvgIpc) is 3.30. The van der Waals surface area contributed by atoms with Crippen molar-refractivity contribution in [2.24, 2.45) is 0 Å². The number of phosphoric ester groups is 1. The summed E-state index contributed by atoms with van der Waals surface area (Å²) in [5.74, 6) is -0.150. The van der Waals surface area contributed by atoms with E-state index in [2.05, 4.69) is 79.9 Å². The molecule has 68 heavy (non-hydrogen) atoms. The van der Waals surface area contributed by atoms with E-state index >= 15 is 0 Å². The van der Waals surface area contributed by atoms with Crippen molar-refractivity contribution in [3.63, 3.8) is 0 Å². The molecule has 0 aliphatic rings. The van der Waals surface area contributed by atoms with Crippen LogP contribution in [-0.2, 0) is 18.4 Å². The Hall–Kier alpha value is -1.80. The number of quaternary nitrogens is 1. The zero-order valence-corrected chi connectivity index (χ0v) is 46.2. The van der Waals surface area contributed by atoms with Gasteiger partial charge >= 0.3 is 7.82 Å². The lowest BCUT2D eigenvalue weighted by Gasteiger charge is -2.26. The lowest BCUT2D eigenvalue weighted by molar-refractivity contribution is -0.870. The molecule has 3 unspecified atom stereocenters. The lowest BCUT2D eigenvalue weighted by atomic mass is 10.0. The first-order valence-electron chi connectivity index (χ1n) is 28.7. The van der Waals surface area contributed by atoms with Gasteiger partial charge < -0.3 is 19.8 Å². The van der Waals surface area contributed by atoms with Gasteiger partial charge in [-0.25, -0.2) is 4.57 Å². The Morgan fingerprint density at radius 2 is 0.882 bits per heavy atom. The largest absolute Gasteiger partial charge is 0.472 e. The molecule has 0 saturated carbocycles. The molecule has 9 heteroatoms. The summed E-state index contributed by atoms with van der Waals surface area (Å²) in [5.41, 5.74) is 0. The summed E-state index contributed by atoms with van der Waals surface area (Å²) in [4.78, 5) is 23.3. The van der Waals surface area contributed by atoms with Crippen LogP contribution in [0.15, 0.2) is 60.8 Å². The Morgan fingerprint density at radius 1 is 0.515 bits per heavy atom. The molecule has 0 fully saturated rings. The number of allylic oxidation sites excluding steroid dienone is 10. The molecule has 0 radical (unpaired) electrons. The molecule has 0 heterocycles. The van der Waals surface area contributed by atoms with E-state index in [1.54, 1.807) is 0 Å². The van der Waals surface area contributed by atoms with Crippen molar-refractivity contribution in [1.29, 1.82) is 0 Å². The molecule has 0 rings (SSSR count). The van der Waals surface area contributed by atoms with Crippen molar-refractivity contribution in [2.45, 2.75) is 270 Å². The number of rotatable bonds is 52. The minimum absolute atomic E-state index is 0.0715. The Morgan fingerprint density at radius 3 is 1.29 bits per heavy atom. The van der Waals surface area contributed by atoms with E-state index in [1.807, 2.05) is 21.1 Å². The monoisotopic (exact) mass is 976 g/mol. The predicted octanol–water partition coefficient (Wildman–Crippen LogP) is 17.3. The van der Waals surface area contributed by atoms with Crippen molar-refractivity contribution < 1.29 is 32.9 Å². The third-order valence-corrected chi connectivity index (χ3v) is 13.8. The molecule has 398 valence electrons. The van der Waals surface area contributed by atoms with Crippen molar-refractivity contribution in [3.8, 4) is 0 Å². The highest BCUT2D eigenvalue weighted by atomic mass is 31.2. The first-order chi connectivity index (χ1) is 33.0. The molecule has 0 aliphatic heterocycles. The number of phosphoric acid groups is 1. The van der Waals surface area contributed by atoms with E-state index in [1.165, 1.54) is 154 Å². The molecule has 0 aromatic heterocycles. The normalized spacial score (nSPS) is 14.4. The van der Waals surface area contributed by atoms with Crippen LogP contribution in [-0.4, -0.2) is 73.4 Å². The summed E-state index contributed by atoms with van der Waals surface area (Å²) in [6.45, 7) is 4.79. The van der Waals surface area contributed by atoms with Crippen LogP contribution in [0.4, 0.5) is 0 Å². The third kappa shape index (κ3) is 52.0. The van der Waals surface area contributed by atoms with Crippen LogP contribution in [0, 0.1) is 0 Å². The molecule has 8 nitrogen and oxygen atoms in total. The summed E-state index contributed by atoms with van der Waals surface area (Å²) in [6.07, 6.45) is 66.9. The van der Waals surface area contributed by atoms with Crippen LogP contribution in [0.1, 0.15) is 258 Å². The standard InChI is InChI=1S/C59H111N2O6P/c1-6-8-10-12-14-16-18-20-22-24-26-28-29-30-31-33-35-37-39-41-43-45-47-49-51-53-59(63)60-57(56-67-68(64,65)66-55-54-61(3,4)5)58(62)52-50-48-46-44-42-40-38-36-34-32-27-25-23-21-19-17-15-13-11-9-7-2/h8,10,14,16,20,22,26,28,30-31,57-58,62H,6-7,9,11-13,15,17-19,21,23-25,27,29,32-56H2,1-5H3,(H-,60,63,64,65)/p+1/b10-8-,16-14-,22-20-,28-26-,31-30-. The molecular weight excluding hydrogens is 864 g/mol. The van der Waals surface area contributed by atoms with E-state index in [-0.39, 0.29) is 19.1 Å². The van der Waals surface area contributed by atoms with E-state index in [9.17, 15) is 19.4 Å². The fourth-order valence-corrected chi connectivity index (χ4v) is 9.05. The van der Waals surface area contributed by atoms with Crippen LogP contribution in [0.25, 0.3) is 0 Å². The van der Waals surface area contributed by atoms with Gasteiger partial charge in [0, 0.05) is 6.42 Å². The second-order valence-electron chi connectivity index (χ2n) is 20.6. The van der Waals surface area contributed by atoms with Crippen molar-refractivity contribution in [1.82, 2.24) is 5.32 Å². The number of carbonyl (C=O) groups is 1. The number of carbonyl (C=O) groups excluding carboxylic acids is 1. The molecular formula is C59H112N2O6P+. The number of aliphatic hydroxyl groups excluding tert-OH is 1. The van der Waals surface area contributed by atoms with Crippen LogP contribution < -0.4 is 5.32 Å². The van der Waals surface area contributed by atoms with Crippen LogP contribution >= 0.6 is 7.82 Å². The first kappa shape index (κ1) is 66.2. The van der Waals surface area contributed by atoms with Gasteiger partial charge in [-0.2, -0.15) is 0 Å². The van der Waals surface area contributed by atoms with E-state index in [0.717, 1.165) is 77.0 Å². The van der Waals surface area contributed by atoms with E-state index in [0.29, 0.717) is 23.9 Å². The van der Waals surface area contributed by atoms with Crippen LogP contribution in [0.2, 0.25) is 0 Å². The third-order valence-electron chi connectivity index (χ3n) is 12.8. The van der Waals surface area contributed by atoms with Gasteiger partial charge in [-0.1, -0.05) is 254 Å². The Balaban J connectivity index is 4.20. The summed E-state index contributed by atoms with van der Waals surface area (Å²) in [5, 5.41) is 14.1. The zero-order chi connectivity index (χ0) is 49.9. The molecule has 0 spiro atoms. The SMILES string of the molecule is CC/C=C\C/C=C\C/C=C\C/C=C\C/C=C\CCCCCCCCCCCC(=O)NC(COP(=O)(O)OCC[N+](C)(C)C)C(O)CCCCCCCCCCCCCCCCCCCCCCC. The number of hydrogen-bond donors (Lipinski definition) is 3. The quantitative estimate of drug-likeness (QED) is 0.0243. The van der Waals surface area contributed by atoms with Gasteiger partial charge in [-0.15, -0.1) is 0 Å². The summed E-state index contributed by atoms with van der Waals surface area (Å²) < 4.78 is 23.8. The highest BCUT2D eigenvalue weighted by molar-refractivity contribution is 7.47. The molecule has 0 aromatic rings. The molecule has 0 saturated heterocycles. The molecule has 0 aromatic carbocycles. The number of unbranched alkanes of at least 4 members (excludes halogenated alkanes) is 29. The average molecular weight is 977 g/mol. The molecule has 0 bridgehead atoms. The van der Waals surface area contributed by atoms with Crippen molar-refractivity contribution in [2.75, 3.05) is 40.9 Å². The van der Waals surface area contributed by atoms with Crippen LogP contribution in [0.3, 0.4) is 0 Å². The summed E-state index contributed by atoms with van der Waals surface area (Å²) >= 11 is 0. The maximum atomic E-state index is 13.0. The maximum absolute atomic E-state index is 13.0. The van der Waals surface area contributed by atoms with Gasteiger partial charge in [-0.3, -0.25) is 13.8 Å². The zero-order valence-electron chi connectivity index (χ0n) is 45.3. The molecule has 3 N–H and O–H groups in total. The van der Waals surface area contributed by atoms with Gasteiger partial charge in [0.25, 0.3) is 0 Å². The Kier molecular flexibility index (Phi) is 48.8. The highest BCUT2D eigenvalue weighted by Gasteiger charge is 2.28. The molecule has 0 aliphatic carbocycles. The maximum Gasteiger partial charge on any atom is 0.472 e. The number of nitrogens with zero attached hydrogens (tertiary/aromatic N) is 1. The topological polar surface area (TPSA) is 105 Å². The highest BCUT2D eigenvalue weighted by Crippen LogP contribution is 2.43. The van der Waals surface area contributed by atoms with Crippen LogP contribution in [0.5, 0.6) is 0 Å². The molecule has 3 atom stereocenters. The van der Waals surface area contributed by atoms with Crippen molar-refractivity contribution in [3.05, 3.63) is 60.8 Å². The molecule has 1 amide bonds. The van der Waals surface area contributed by atoms with Gasteiger partial charge in [0.2, 0.25) is 5.91 Å². The number of likely N-dealkylation sites (N-methyl/N-ethyl adjacent to an activating group) is 1. The summed E-state index contributed by atoms with van der Waals surface area (Å²) in [6, 6.07) is -0.768. The smallest absolute Gasteiger partial charge is 0.391 e. The number of nitrogens with one attached hydrogen (secondary N) is 1. The summed E-state index contributed by atoms with van der Waals surface area (Å²) in [7, 11) is 1.61. The number of aliphatic hydroxyl groups is 1. The van der Waals surface area contributed by atoms with Gasteiger partial charge in [0.05, 0.1) is 39.9 Å². The lowest BCUT2D eigenvalue weighted by Crippen LogP contribution is -2.46. The Labute approximate surface area is 422 Å². The minimum atomic E-state index is -4.33. The van der Waals surface area contributed by atoms with E-state index < -0.39 is 20.0 Å². The number of amides is 1. The minimum Gasteiger partial charge on any atom is -0.391 e. The van der Waals surface area contributed by atoms with E-state index in [4.69, 9.17) is 9.05 Å². The van der Waals surface area contributed by atoms with Gasteiger partial charge in [0.15, 0.2) is 0 Å². The van der Waals surface area contributed by atoms with Gasteiger partial charge in [0.1, 0.15) is 13.2 Å².